The first kappa shape index (κ1) is 10.7. The lowest BCUT2D eigenvalue weighted by Gasteiger charge is -2.13. The van der Waals surface area contributed by atoms with E-state index < -0.39 is 0 Å². The molecule has 0 saturated carbocycles. The topological polar surface area (TPSA) is 48.4 Å². The average molecular weight is 209 g/mol. The Labute approximate surface area is 90.6 Å². The molecule has 1 aliphatic rings. The minimum Gasteiger partial charge on any atom is -0.472 e. The SMILES string of the molecule is NC(CCC1CCCO1)Cc1ccoc1. The lowest BCUT2D eigenvalue weighted by molar-refractivity contribution is 0.101. The van der Waals surface area contributed by atoms with Crippen LogP contribution in [0.3, 0.4) is 0 Å². The second-order valence-corrected chi connectivity index (χ2v) is 4.31. The Morgan fingerprint density at radius 3 is 3.13 bits per heavy atom. The fourth-order valence-corrected chi connectivity index (χ4v) is 2.09. The van der Waals surface area contributed by atoms with Gasteiger partial charge in [0.05, 0.1) is 18.6 Å². The van der Waals surface area contributed by atoms with Crippen LogP contribution in [0.5, 0.6) is 0 Å². The Balaban J connectivity index is 1.66. The van der Waals surface area contributed by atoms with Gasteiger partial charge in [-0.15, -0.1) is 0 Å². The molecule has 0 radical (unpaired) electrons. The highest BCUT2D eigenvalue weighted by Gasteiger charge is 2.16. The monoisotopic (exact) mass is 209 g/mol. The van der Waals surface area contributed by atoms with E-state index in [2.05, 4.69) is 0 Å². The van der Waals surface area contributed by atoms with Gasteiger partial charge in [0.1, 0.15) is 0 Å². The lowest BCUT2D eigenvalue weighted by atomic mass is 10.0. The molecule has 1 aromatic rings. The first-order valence-electron chi connectivity index (χ1n) is 5.73. The van der Waals surface area contributed by atoms with E-state index in [0.717, 1.165) is 25.9 Å². The average Bonchev–Trinajstić information content (AvgIpc) is 2.86. The standard InChI is InChI=1S/C12H19NO2/c13-11(8-10-5-7-14-9-10)3-4-12-2-1-6-15-12/h5,7,9,11-12H,1-4,6,8,13H2. The van der Waals surface area contributed by atoms with Crippen LogP contribution in [-0.4, -0.2) is 18.8 Å². The minimum atomic E-state index is 0.229. The van der Waals surface area contributed by atoms with Crippen molar-refractivity contribution in [3.05, 3.63) is 24.2 Å². The van der Waals surface area contributed by atoms with Gasteiger partial charge in [0.15, 0.2) is 0 Å². The minimum absolute atomic E-state index is 0.229. The Bertz CT molecular complexity index is 265. The largest absolute Gasteiger partial charge is 0.472 e. The Hall–Kier alpha value is -0.800. The van der Waals surface area contributed by atoms with Crippen LogP contribution < -0.4 is 5.73 Å². The second kappa shape index (κ2) is 5.33. The normalized spacial score (nSPS) is 23.1. The van der Waals surface area contributed by atoms with Gasteiger partial charge in [-0.1, -0.05) is 0 Å². The highest BCUT2D eigenvalue weighted by Crippen LogP contribution is 2.18. The lowest BCUT2D eigenvalue weighted by Crippen LogP contribution is -2.24. The van der Waals surface area contributed by atoms with E-state index in [1.165, 1.54) is 18.4 Å². The molecule has 2 heterocycles. The van der Waals surface area contributed by atoms with Crippen LogP contribution in [0.2, 0.25) is 0 Å². The molecule has 2 rings (SSSR count). The molecule has 3 nitrogen and oxygen atoms in total. The summed E-state index contributed by atoms with van der Waals surface area (Å²) >= 11 is 0. The molecule has 1 aromatic heterocycles. The molecule has 0 aliphatic carbocycles. The maximum absolute atomic E-state index is 6.05. The smallest absolute Gasteiger partial charge is 0.0935 e. The van der Waals surface area contributed by atoms with Gasteiger partial charge in [-0.3, -0.25) is 0 Å². The van der Waals surface area contributed by atoms with Gasteiger partial charge >= 0.3 is 0 Å². The van der Waals surface area contributed by atoms with Gasteiger partial charge in [-0.05, 0) is 43.7 Å². The molecule has 1 fully saturated rings. The van der Waals surface area contributed by atoms with E-state index in [0.29, 0.717) is 6.10 Å². The summed E-state index contributed by atoms with van der Waals surface area (Å²) in [6.45, 7) is 0.932. The van der Waals surface area contributed by atoms with Crippen molar-refractivity contribution in [1.82, 2.24) is 0 Å². The van der Waals surface area contributed by atoms with Crippen molar-refractivity contribution in [3.8, 4) is 0 Å². The molecule has 2 unspecified atom stereocenters. The Morgan fingerprint density at radius 1 is 1.53 bits per heavy atom. The number of hydrogen-bond acceptors (Lipinski definition) is 3. The molecule has 0 spiro atoms. The Kier molecular flexibility index (Phi) is 3.80. The highest BCUT2D eigenvalue weighted by molar-refractivity contribution is 5.06. The van der Waals surface area contributed by atoms with Crippen LogP contribution in [0.15, 0.2) is 23.0 Å². The zero-order chi connectivity index (χ0) is 10.5. The number of ether oxygens (including phenoxy) is 1. The van der Waals surface area contributed by atoms with Crippen LogP contribution in [0.4, 0.5) is 0 Å². The highest BCUT2D eigenvalue weighted by atomic mass is 16.5. The predicted octanol–water partition coefficient (Wildman–Crippen LogP) is 2.11. The summed E-state index contributed by atoms with van der Waals surface area (Å²) in [6, 6.07) is 2.21. The van der Waals surface area contributed by atoms with Gasteiger partial charge in [0, 0.05) is 12.6 Å². The number of rotatable bonds is 5. The van der Waals surface area contributed by atoms with Crippen molar-refractivity contribution in [2.45, 2.75) is 44.2 Å². The molecule has 0 amide bonds. The van der Waals surface area contributed by atoms with Crippen molar-refractivity contribution < 1.29 is 9.15 Å². The van der Waals surface area contributed by atoms with Crippen molar-refractivity contribution in [1.29, 1.82) is 0 Å². The first-order chi connectivity index (χ1) is 7.34. The molecule has 2 N–H and O–H groups in total. The molecule has 3 heteroatoms. The Morgan fingerprint density at radius 2 is 2.47 bits per heavy atom. The maximum atomic E-state index is 6.05. The van der Waals surface area contributed by atoms with Crippen molar-refractivity contribution in [2.75, 3.05) is 6.61 Å². The van der Waals surface area contributed by atoms with Gasteiger partial charge in [0.2, 0.25) is 0 Å². The summed E-state index contributed by atoms with van der Waals surface area (Å²) in [5.41, 5.74) is 7.24. The van der Waals surface area contributed by atoms with E-state index >= 15 is 0 Å². The molecular weight excluding hydrogens is 190 g/mol. The third kappa shape index (κ3) is 3.36. The number of furan rings is 1. The molecule has 1 saturated heterocycles. The van der Waals surface area contributed by atoms with Gasteiger partial charge in [-0.25, -0.2) is 0 Å². The van der Waals surface area contributed by atoms with Gasteiger partial charge < -0.3 is 14.9 Å². The van der Waals surface area contributed by atoms with E-state index in [1.54, 1.807) is 12.5 Å². The fourth-order valence-electron chi connectivity index (χ4n) is 2.09. The summed E-state index contributed by atoms with van der Waals surface area (Å²) in [4.78, 5) is 0. The third-order valence-corrected chi connectivity index (χ3v) is 2.96. The molecule has 0 aromatic carbocycles. The fraction of sp³-hybridized carbons (Fsp3) is 0.667. The molecular formula is C12H19NO2. The maximum Gasteiger partial charge on any atom is 0.0935 e. The van der Waals surface area contributed by atoms with Crippen LogP contribution in [0, 0.1) is 0 Å². The second-order valence-electron chi connectivity index (χ2n) is 4.31. The molecule has 15 heavy (non-hydrogen) atoms. The number of hydrogen-bond donors (Lipinski definition) is 1. The van der Waals surface area contributed by atoms with Crippen molar-refractivity contribution in [2.24, 2.45) is 5.73 Å². The van der Waals surface area contributed by atoms with Crippen LogP contribution in [0.25, 0.3) is 0 Å². The van der Waals surface area contributed by atoms with Gasteiger partial charge in [-0.2, -0.15) is 0 Å². The predicted molar refractivity (Wildman–Crippen MR) is 58.6 cm³/mol. The van der Waals surface area contributed by atoms with E-state index in [-0.39, 0.29) is 6.04 Å². The zero-order valence-electron chi connectivity index (χ0n) is 9.02. The van der Waals surface area contributed by atoms with Crippen molar-refractivity contribution in [3.63, 3.8) is 0 Å². The summed E-state index contributed by atoms with van der Waals surface area (Å²) in [7, 11) is 0. The van der Waals surface area contributed by atoms with E-state index in [4.69, 9.17) is 14.9 Å². The molecule has 1 aliphatic heterocycles. The van der Waals surface area contributed by atoms with Gasteiger partial charge in [0.25, 0.3) is 0 Å². The third-order valence-electron chi connectivity index (χ3n) is 2.96. The van der Waals surface area contributed by atoms with Crippen LogP contribution in [0.1, 0.15) is 31.2 Å². The number of nitrogens with two attached hydrogens (primary N) is 1. The summed E-state index contributed by atoms with van der Waals surface area (Å²) in [6.07, 6.45) is 9.38. The van der Waals surface area contributed by atoms with Crippen LogP contribution in [-0.2, 0) is 11.2 Å². The summed E-state index contributed by atoms with van der Waals surface area (Å²) < 4.78 is 10.6. The summed E-state index contributed by atoms with van der Waals surface area (Å²) in [5, 5.41) is 0. The van der Waals surface area contributed by atoms with Crippen molar-refractivity contribution >= 4 is 0 Å². The molecule has 2 atom stereocenters. The molecule has 0 bridgehead atoms. The van der Waals surface area contributed by atoms with E-state index in [1.807, 2.05) is 6.07 Å². The quantitative estimate of drug-likeness (QED) is 0.808. The van der Waals surface area contributed by atoms with Crippen LogP contribution >= 0.6 is 0 Å². The molecule has 84 valence electrons. The van der Waals surface area contributed by atoms with E-state index in [9.17, 15) is 0 Å². The zero-order valence-corrected chi connectivity index (χ0v) is 9.02. The summed E-state index contributed by atoms with van der Waals surface area (Å²) in [5.74, 6) is 0. The first-order valence-corrected chi connectivity index (χ1v) is 5.73.